The Kier molecular flexibility index (Phi) is 9.57. The Bertz CT molecular complexity index is 1190. The molecule has 0 aliphatic carbocycles. The number of carbonyl (C=O) groups is 1. The number of hydrogen-bond acceptors (Lipinski definition) is 7. The fourth-order valence-corrected chi connectivity index (χ4v) is 4.27. The van der Waals surface area contributed by atoms with E-state index in [1.54, 1.807) is 29.6 Å². The summed E-state index contributed by atoms with van der Waals surface area (Å²) in [5, 5.41) is 29.7. The molecule has 1 fully saturated rings. The molecule has 4 N–H and O–H groups in total. The summed E-state index contributed by atoms with van der Waals surface area (Å²) in [6, 6.07) is 9.66. The van der Waals surface area contributed by atoms with E-state index in [1.807, 2.05) is 13.8 Å². The number of phenolic OH excluding ortho intramolecular Hbond substituents is 1. The van der Waals surface area contributed by atoms with Gasteiger partial charge in [-0.1, -0.05) is 26.0 Å². The molecule has 12 heteroatoms. The summed E-state index contributed by atoms with van der Waals surface area (Å²) in [4.78, 5) is 18.0. The molecule has 0 spiro atoms. The number of methoxy groups -OCH3 is 1. The maximum atomic E-state index is 12.7. The summed E-state index contributed by atoms with van der Waals surface area (Å²) < 4.78 is 43.5. The van der Waals surface area contributed by atoms with Crippen molar-refractivity contribution in [3.63, 3.8) is 0 Å². The zero-order valence-electron chi connectivity index (χ0n) is 22.5. The van der Waals surface area contributed by atoms with Crippen LogP contribution in [0.5, 0.6) is 11.5 Å². The number of likely N-dealkylation sites (N-methyl/N-ethyl adjacent to an activating group) is 1. The third-order valence-corrected chi connectivity index (χ3v) is 6.53. The van der Waals surface area contributed by atoms with Crippen LogP contribution >= 0.6 is 0 Å². The third kappa shape index (κ3) is 7.70. The molecule has 0 bridgehead atoms. The van der Waals surface area contributed by atoms with Crippen molar-refractivity contribution in [2.24, 2.45) is 0 Å². The highest BCUT2D eigenvalue weighted by molar-refractivity contribution is 6.48. The van der Waals surface area contributed by atoms with Gasteiger partial charge < -0.3 is 20.1 Å². The highest BCUT2D eigenvalue weighted by Crippen LogP contribution is 2.34. The summed E-state index contributed by atoms with van der Waals surface area (Å²) in [5.41, 5.74) is 1.85. The first-order chi connectivity index (χ1) is 18.3. The molecule has 1 aliphatic rings. The number of ether oxygens (including phenoxy) is 1. The molecule has 0 atom stereocenters. The molecule has 1 aliphatic heterocycles. The number of amides is 1. The number of piperazine rings is 1. The van der Waals surface area contributed by atoms with Crippen LogP contribution in [0.15, 0.2) is 36.4 Å². The first-order valence-corrected chi connectivity index (χ1v) is 12.5. The lowest BCUT2D eigenvalue weighted by Crippen LogP contribution is -2.48. The van der Waals surface area contributed by atoms with Crippen molar-refractivity contribution >= 4 is 23.3 Å². The molecule has 1 amide bonds. The lowest BCUT2D eigenvalue weighted by atomic mass is 9.97. The fraction of sp³-hybridized carbons (Fsp3) is 0.444. The topological polar surface area (TPSA) is 116 Å². The summed E-state index contributed by atoms with van der Waals surface area (Å²) >= 11 is 0. The predicted octanol–water partition coefficient (Wildman–Crippen LogP) is 3.76. The van der Waals surface area contributed by atoms with Gasteiger partial charge in [-0.05, 0) is 42.3 Å². The second kappa shape index (κ2) is 12.5. The van der Waals surface area contributed by atoms with Gasteiger partial charge in [0.05, 0.1) is 12.7 Å². The van der Waals surface area contributed by atoms with Gasteiger partial charge in [-0.25, -0.2) is 0 Å². The van der Waals surface area contributed by atoms with Crippen molar-refractivity contribution in [3.05, 3.63) is 53.1 Å². The molecule has 1 heterocycles. The van der Waals surface area contributed by atoms with Gasteiger partial charge in [0.25, 0.3) is 5.91 Å². The van der Waals surface area contributed by atoms with Gasteiger partial charge >= 0.3 is 6.18 Å². The van der Waals surface area contributed by atoms with Crippen LogP contribution in [0.4, 0.5) is 18.9 Å². The number of carbonyl (C=O) groups excluding carboxylic acids is 1. The number of halogens is 3. The number of rotatable bonds is 7. The number of hydrogen-bond donors (Lipinski definition) is 4. The van der Waals surface area contributed by atoms with Crippen LogP contribution < -0.4 is 15.0 Å². The third-order valence-electron chi connectivity index (χ3n) is 6.53. The second-order valence-corrected chi connectivity index (χ2v) is 9.84. The molecule has 9 nitrogen and oxygen atoms in total. The molecule has 212 valence electrons. The monoisotopic (exact) mass is 548 g/mol. The van der Waals surface area contributed by atoms with Crippen molar-refractivity contribution in [1.82, 2.24) is 15.1 Å². The van der Waals surface area contributed by atoms with Crippen LogP contribution in [0.25, 0.3) is 0 Å². The Balaban J connectivity index is 1.95. The molecule has 39 heavy (non-hydrogen) atoms. The Labute approximate surface area is 226 Å². The lowest BCUT2D eigenvalue weighted by molar-refractivity contribution is -0.134. The quantitative estimate of drug-likeness (QED) is 0.309. The number of nitrogens with zero attached hydrogens (tertiary/aromatic N) is 3. The highest BCUT2D eigenvalue weighted by Gasteiger charge is 2.32. The smallest absolute Gasteiger partial charge is 0.405 e. The van der Waals surface area contributed by atoms with Gasteiger partial charge in [-0.15, -0.1) is 0 Å². The first-order valence-electron chi connectivity index (χ1n) is 12.5. The van der Waals surface area contributed by atoms with Crippen LogP contribution in [0.2, 0.25) is 0 Å². The Morgan fingerprint density at radius 1 is 1.13 bits per heavy atom. The van der Waals surface area contributed by atoms with Crippen LogP contribution in [0.3, 0.4) is 0 Å². The molecular formula is C27H35F3N6O3. The van der Waals surface area contributed by atoms with Crippen molar-refractivity contribution in [2.45, 2.75) is 32.5 Å². The summed E-state index contributed by atoms with van der Waals surface area (Å²) in [5.74, 6) is -2.63. The maximum absolute atomic E-state index is 12.7. The molecule has 0 saturated carbocycles. The number of anilines is 1. The predicted molar refractivity (Wildman–Crippen MR) is 144 cm³/mol. The average molecular weight is 549 g/mol. The molecule has 0 aromatic heterocycles. The van der Waals surface area contributed by atoms with Gasteiger partial charge in [-0.3, -0.25) is 25.4 Å². The van der Waals surface area contributed by atoms with Crippen LogP contribution in [-0.4, -0.2) is 85.5 Å². The number of nitrogens with one attached hydrogen (secondary N) is 3. The van der Waals surface area contributed by atoms with Crippen LogP contribution in [0.1, 0.15) is 36.5 Å². The van der Waals surface area contributed by atoms with E-state index >= 15 is 0 Å². The fourth-order valence-electron chi connectivity index (χ4n) is 4.27. The highest BCUT2D eigenvalue weighted by atomic mass is 19.4. The molecule has 3 rings (SSSR count). The molecule has 2 aromatic carbocycles. The minimum Gasteiger partial charge on any atom is -0.507 e. The normalized spacial score (nSPS) is 14.8. The van der Waals surface area contributed by atoms with Crippen LogP contribution in [-0.2, 0) is 11.3 Å². The van der Waals surface area contributed by atoms with E-state index in [1.165, 1.54) is 19.2 Å². The minimum absolute atomic E-state index is 0.00520. The van der Waals surface area contributed by atoms with Gasteiger partial charge in [0.15, 0.2) is 5.84 Å². The summed E-state index contributed by atoms with van der Waals surface area (Å²) in [6.07, 6.45) is -4.67. The van der Waals surface area contributed by atoms with Crippen molar-refractivity contribution < 1.29 is 27.8 Å². The zero-order valence-corrected chi connectivity index (χ0v) is 22.5. The number of alkyl halides is 3. The summed E-state index contributed by atoms with van der Waals surface area (Å²) in [6.45, 7) is 6.59. The Hall–Kier alpha value is -3.64. The standard InChI is InChI=1S/C27H35F3N6O3/c1-17(2)20-13-21(22(37)14-23(20)39-4)24(31)36(25(32)26(38)33-16-27(28,29)30)19-7-5-18(6-8-19)15-35-11-9-34(3)10-12-35/h5-8,13-14,17,31-32,37H,9-12,15-16H2,1-4H3,(H,33,38). The maximum Gasteiger partial charge on any atom is 0.405 e. The van der Waals surface area contributed by atoms with E-state index in [-0.39, 0.29) is 22.9 Å². The minimum atomic E-state index is -4.67. The van der Waals surface area contributed by atoms with Gasteiger partial charge in [-0.2, -0.15) is 13.2 Å². The Morgan fingerprint density at radius 2 is 1.74 bits per heavy atom. The van der Waals surface area contributed by atoms with E-state index in [4.69, 9.17) is 15.6 Å². The number of benzene rings is 2. The first kappa shape index (κ1) is 29.9. The largest absolute Gasteiger partial charge is 0.507 e. The molecule has 2 aromatic rings. The van der Waals surface area contributed by atoms with Gasteiger partial charge in [0.1, 0.15) is 23.9 Å². The number of amidine groups is 2. The van der Waals surface area contributed by atoms with E-state index in [0.717, 1.165) is 36.6 Å². The van der Waals surface area contributed by atoms with Gasteiger partial charge in [0.2, 0.25) is 0 Å². The molecule has 1 saturated heterocycles. The van der Waals surface area contributed by atoms with E-state index < -0.39 is 30.3 Å². The van der Waals surface area contributed by atoms with Crippen molar-refractivity contribution in [3.8, 4) is 11.5 Å². The van der Waals surface area contributed by atoms with Gasteiger partial charge in [0, 0.05) is 44.5 Å². The van der Waals surface area contributed by atoms with E-state index in [9.17, 15) is 23.1 Å². The molecule has 0 unspecified atom stereocenters. The van der Waals surface area contributed by atoms with E-state index in [2.05, 4.69) is 16.8 Å². The van der Waals surface area contributed by atoms with Crippen LogP contribution in [0, 0.1) is 10.8 Å². The molecular weight excluding hydrogens is 513 g/mol. The Morgan fingerprint density at radius 3 is 2.28 bits per heavy atom. The SMILES string of the molecule is COc1cc(O)c(C(=N)N(C(=N)C(=O)NCC(F)(F)F)c2ccc(CN3CCN(C)CC3)cc2)cc1C(C)C. The van der Waals surface area contributed by atoms with Crippen molar-refractivity contribution in [1.29, 1.82) is 10.8 Å². The summed E-state index contributed by atoms with van der Waals surface area (Å²) in [7, 11) is 3.52. The second-order valence-electron chi connectivity index (χ2n) is 9.84. The van der Waals surface area contributed by atoms with Crippen molar-refractivity contribution in [2.75, 3.05) is 51.8 Å². The number of phenols is 1. The number of aromatic hydroxyl groups is 1. The van der Waals surface area contributed by atoms with E-state index in [0.29, 0.717) is 17.9 Å². The molecule has 0 radical (unpaired) electrons. The zero-order chi connectivity index (χ0) is 28.9. The average Bonchev–Trinajstić information content (AvgIpc) is 2.88. The lowest BCUT2D eigenvalue weighted by Gasteiger charge is -2.32.